The predicted molar refractivity (Wildman–Crippen MR) is 62.9 cm³/mol. The van der Waals surface area contributed by atoms with Crippen molar-refractivity contribution in [2.75, 3.05) is 5.88 Å². The molecule has 1 aliphatic carbocycles. The largest absolute Gasteiger partial charge is 0.353 e. The van der Waals surface area contributed by atoms with E-state index in [2.05, 4.69) is 5.32 Å². The molecule has 15 heavy (non-hydrogen) atoms. The smallest absolute Gasteiger partial charge is 0.220 e. The van der Waals surface area contributed by atoms with E-state index in [0.717, 1.165) is 38.5 Å². The van der Waals surface area contributed by atoms with Crippen LogP contribution in [-0.2, 0) is 4.79 Å². The standard InChI is InChI=1S/C11H21ClN2O/c12-8-2-1-3-11(15)14-10-6-4-9(13)5-7-10/h9-10H,1-8,13H2,(H,14,15). The van der Waals surface area contributed by atoms with Crippen LogP contribution in [-0.4, -0.2) is 23.9 Å². The van der Waals surface area contributed by atoms with Gasteiger partial charge in [0.1, 0.15) is 0 Å². The Bertz CT molecular complexity index is 191. The van der Waals surface area contributed by atoms with Crippen molar-refractivity contribution in [3.8, 4) is 0 Å². The summed E-state index contributed by atoms with van der Waals surface area (Å²) < 4.78 is 0. The molecule has 0 radical (unpaired) electrons. The molecule has 1 aliphatic rings. The summed E-state index contributed by atoms with van der Waals surface area (Å²) in [6, 6.07) is 0.697. The minimum Gasteiger partial charge on any atom is -0.353 e. The molecule has 0 unspecified atom stereocenters. The first kappa shape index (κ1) is 12.8. The van der Waals surface area contributed by atoms with Crippen LogP contribution in [0, 0.1) is 0 Å². The maximum atomic E-state index is 11.5. The Hall–Kier alpha value is -0.280. The number of hydrogen-bond acceptors (Lipinski definition) is 2. The van der Waals surface area contributed by atoms with Gasteiger partial charge in [0, 0.05) is 24.4 Å². The lowest BCUT2D eigenvalue weighted by molar-refractivity contribution is -0.122. The number of rotatable bonds is 5. The van der Waals surface area contributed by atoms with Crippen molar-refractivity contribution >= 4 is 17.5 Å². The molecule has 3 nitrogen and oxygen atoms in total. The first-order valence-electron chi connectivity index (χ1n) is 5.83. The van der Waals surface area contributed by atoms with E-state index in [0.29, 0.717) is 24.4 Å². The highest BCUT2D eigenvalue weighted by atomic mass is 35.5. The summed E-state index contributed by atoms with van der Waals surface area (Å²) in [5.74, 6) is 0.812. The van der Waals surface area contributed by atoms with E-state index < -0.39 is 0 Å². The van der Waals surface area contributed by atoms with Crippen LogP contribution >= 0.6 is 11.6 Å². The summed E-state index contributed by atoms with van der Waals surface area (Å²) in [7, 11) is 0. The Morgan fingerprint density at radius 2 is 1.93 bits per heavy atom. The van der Waals surface area contributed by atoms with E-state index in [9.17, 15) is 4.79 Å². The van der Waals surface area contributed by atoms with E-state index in [4.69, 9.17) is 17.3 Å². The Labute approximate surface area is 96.7 Å². The van der Waals surface area contributed by atoms with E-state index in [1.807, 2.05) is 0 Å². The molecule has 1 saturated carbocycles. The molecule has 0 bridgehead atoms. The first-order valence-corrected chi connectivity index (χ1v) is 6.36. The molecule has 0 aromatic heterocycles. The summed E-state index contributed by atoms with van der Waals surface area (Å²) in [6.45, 7) is 0. The molecule has 0 spiro atoms. The predicted octanol–water partition coefficient (Wildman–Crippen LogP) is 1.78. The summed E-state index contributed by atoms with van der Waals surface area (Å²) >= 11 is 5.55. The third-order valence-electron chi connectivity index (χ3n) is 2.92. The van der Waals surface area contributed by atoms with Gasteiger partial charge in [-0.15, -0.1) is 11.6 Å². The zero-order valence-electron chi connectivity index (χ0n) is 9.18. The maximum absolute atomic E-state index is 11.5. The van der Waals surface area contributed by atoms with Crippen LogP contribution in [0.4, 0.5) is 0 Å². The van der Waals surface area contributed by atoms with Crippen LogP contribution < -0.4 is 11.1 Å². The van der Waals surface area contributed by atoms with Crippen molar-refractivity contribution < 1.29 is 4.79 Å². The monoisotopic (exact) mass is 232 g/mol. The lowest BCUT2D eigenvalue weighted by atomic mass is 9.92. The van der Waals surface area contributed by atoms with Gasteiger partial charge in [0.15, 0.2) is 0 Å². The fourth-order valence-corrected chi connectivity index (χ4v) is 2.13. The van der Waals surface area contributed by atoms with Crippen molar-refractivity contribution in [1.29, 1.82) is 0 Å². The van der Waals surface area contributed by atoms with Gasteiger partial charge < -0.3 is 11.1 Å². The van der Waals surface area contributed by atoms with Crippen molar-refractivity contribution in [3.63, 3.8) is 0 Å². The zero-order chi connectivity index (χ0) is 11.1. The molecule has 0 heterocycles. The molecule has 0 aromatic carbocycles. The minimum atomic E-state index is 0.167. The molecular formula is C11H21ClN2O. The number of nitrogens with two attached hydrogens (primary N) is 1. The average Bonchev–Trinajstić information content (AvgIpc) is 2.22. The van der Waals surface area contributed by atoms with Gasteiger partial charge in [-0.05, 0) is 38.5 Å². The maximum Gasteiger partial charge on any atom is 0.220 e. The molecule has 1 amide bonds. The molecule has 0 saturated heterocycles. The third kappa shape index (κ3) is 5.38. The Morgan fingerprint density at radius 3 is 2.53 bits per heavy atom. The Kier molecular flexibility index (Phi) is 6.03. The summed E-state index contributed by atoms with van der Waals surface area (Å²) in [5.41, 5.74) is 5.80. The number of alkyl halides is 1. The number of carbonyl (C=O) groups is 1. The van der Waals surface area contributed by atoms with Crippen LogP contribution in [0.15, 0.2) is 0 Å². The molecule has 4 heteroatoms. The van der Waals surface area contributed by atoms with Crippen LogP contribution in [0.3, 0.4) is 0 Å². The normalized spacial score (nSPS) is 26.3. The van der Waals surface area contributed by atoms with E-state index in [1.54, 1.807) is 0 Å². The fraction of sp³-hybridized carbons (Fsp3) is 0.909. The number of amides is 1. The highest BCUT2D eigenvalue weighted by molar-refractivity contribution is 6.17. The number of hydrogen-bond donors (Lipinski definition) is 2. The zero-order valence-corrected chi connectivity index (χ0v) is 9.93. The summed E-state index contributed by atoms with van der Waals surface area (Å²) in [6.07, 6.45) is 6.55. The van der Waals surface area contributed by atoms with Crippen molar-refractivity contribution in [2.45, 2.75) is 57.0 Å². The lowest BCUT2D eigenvalue weighted by Gasteiger charge is -2.26. The molecule has 3 N–H and O–H groups in total. The van der Waals surface area contributed by atoms with Gasteiger partial charge in [0.05, 0.1) is 0 Å². The van der Waals surface area contributed by atoms with Crippen molar-refractivity contribution in [3.05, 3.63) is 0 Å². The molecular weight excluding hydrogens is 212 g/mol. The number of halogens is 1. The average molecular weight is 233 g/mol. The molecule has 0 aromatic rings. The molecule has 0 aliphatic heterocycles. The van der Waals surface area contributed by atoms with Gasteiger partial charge in [-0.2, -0.15) is 0 Å². The second-order valence-electron chi connectivity index (χ2n) is 4.33. The topological polar surface area (TPSA) is 55.1 Å². The number of unbranched alkanes of at least 4 members (excludes halogenated alkanes) is 1. The fourth-order valence-electron chi connectivity index (χ4n) is 1.94. The van der Waals surface area contributed by atoms with E-state index >= 15 is 0 Å². The highest BCUT2D eigenvalue weighted by Crippen LogP contribution is 2.17. The second-order valence-corrected chi connectivity index (χ2v) is 4.70. The third-order valence-corrected chi connectivity index (χ3v) is 3.19. The van der Waals surface area contributed by atoms with Gasteiger partial charge >= 0.3 is 0 Å². The quantitative estimate of drug-likeness (QED) is 0.561. The van der Waals surface area contributed by atoms with Gasteiger partial charge in [0.2, 0.25) is 5.91 Å². The van der Waals surface area contributed by atoms with Gasteiger partial charge in [-0.1, -0.05) is 0 Å². The van der Waals surface area contributed by atoms with E-state index in [1.165, 1.54) is 0 Å². The molecule has 88 valence electrons. The Morgan fingerprint density at radius 1 is 1.27 bits per heavy atom. The van der Waals surface area contributed by atoms with Crippen molar-refractivity contribution in [1.82, 2.24) is 5.32 Å². The second kappa shape index (κ2) is 7.07. The van der Waals surface area contributed by atoms with Crippen LogP contribution in [0.25, 0.3) is 0 Å². The number of carbonyl (C=O) groups excluding carboxylic acids is 1. The molecule has 1 fully saturated rings. The highest BCUT2D eigenvalue weighted by Gasteiger charge is 2.19. The molecule has 1 rings (SSSR count). The van der Waals surface area contributed by atoms with Gasteiger partial charge in [-0.3, -0.25) is 4.79 Å². The number of nitrogens with one attached hydrogen (secondary N) is 1. The Balaban J connectivity index is 2.09. The van der Waals surface area contributed by atoms with Gasteiger partial charge in [0.25, 0.3) is 0 Å². The summed E-state index contributed by atoms with van der Waals surface area (Å²) in [4.78, 5) is 11.5. The lowest BCUT2D eigenvalue weighted by Crippen LogP contribution is -2.40. The van der Waals surface area contributed by atoms with Crippen LogP contribution in [0.1, 0.15) is 44.9 Å². The van der Waals surface area contributed by atoms with Crippen LogP contribution in [0.2, 0.25) is 0 Å². The van der Waals surface area contributed by atoms with Gasteiger partial charge in [-0.25, -0.2) is 0 Å². The van der Waals surface area contributed by atoms with Crippen molar-refractivity contribution in [2.24, 2.45) is 5.73 Å². The molecule has 0 atom stereocenters. The summed E-state index contributed by atoms with van der Waals surface area (Å²) in [5, 5.41) is 3.06. The minimum absolute atomic E-state index is 0.167. The van der Waals surface area contributed by atoms with E-state index in [-0.39, 0.29) is 5.91 Å². The SMILES string of the molecule is NC1CCC(NC(=O)CCCCCl)CC1. The van der Waals surface area contributed by atoms with Crippen LogP contribution in [0.5, 0.6) is 0 Å². The first-order chi connectivity index (χ1) is 7.22.